The van der Waals surface area contributed by atoms with E-state index in [0.717, 1.165) is 49.2 Å². The lowest BCUT2D eigenvalue weighted by molar-refractivity contribution is 0.00310. The van der Waals surface area contributed by atoms with Crippen molar-refractivity contribution in [2.24, 2.45) is 5.41 Å². The number of nitrogens with one attached hydrogen (secondary N) is 2. The standard InChI is InChI=1S/C16H27N3O2S/c1-3-14-19-12(10-22-14)7-9-17-15(21)18-11-16(2)8-5-4-6-13(16)20/h10,13,20H,3-9,11H2,1-2H3,(H2,17,18,21). The normalized spacial score (nSPS) is 25.0. The molecule has 1 heterocycles. The van der Waals surface area contributed by atoms with E-state index in [9.17, 15) is 9.90 Å². The van der Waals surface area contributed by atoms with Crippen LogP contribution in [-0.2, 0) is 12.8 Å². The van der Waals surface area contributed by atoms with Crippen LogP contribution in [0.25, 0.3) is 0 Å². The monoisotopic (exact) mass is 325 g/mol. The van der Waals surface area contributed by atoms with Crippen molar-refractivity contribution >= 4 is 17.4 Å². The molecule has 6 heteroatoms. The molecule has 1 fully saturated rings. The van der Waals surface area contributed by atoms with E-state index in [1.807, 2.05) is 0 Å². The summed E-state index contributed by atoms with van der Waals surface area (Å²) in [7, 11) is 0. The van der Waals surface area contributed by atoms with Crippen LogP contribution in [0.1, 0.15) is 50.2 Å². The van der Waals surface area contributed by atoms with Gasteiger partial charge in [0.1, 0.15) is 0 Å². The maximum absolute atomic E-state index is 11.9. The van der Waals surface area contributed by atoms with Gasteiger partial charge in [-0.1, -0.05) is 26.7 Å². The van der Waals surface area contributed by atoms with Crippen LogP contribution in [0.3, 0.4) is 0 Å². The van der Waals surface area contributed by atoms with Crippen molar-refractivity contribution in [1.29, 1.82) is 0 Å². The Hall–Kier alpha value is -1.14. The summed E-state index contributed by atoms with van der Waals surface area (Å²) in [6, 6.07) is -0.162. The summed E-state index contributed by atoms with van der Waals surface area (Å²) in [5.74, 6) is 0. The van der Waals surface area contributed by atoms with Crippen LogP contribution in [0.2, 0.25) is 0 Å². The van der Waals surface area contributed by atoms with E-state index in [2.05, 4.69) is 34.8 Å². The molecule has 0 aliphatic heterocycles. The van der Waals surface area contributed by atoms with Crippen molar-refractivity contribution in [3.05, 3.63) is 16.1 Å². The van der Waals surface area contributed by atoms with Crippen molar-refractivity contribution in [3.63, 3.8) is 0 Å². The van der Waals surface area contributed by atoms with E-state index in [1.54, 1.807) is 11.3 Å². The lowest BCUT2D eigenvalue weighted by Crippen LogP contribution is -2.47. The number of aromatic nitrogens is 1. The molecule has 22 heavy (non-hydrogen) atoms. The van der Waals surface area contributed by atoms with Crippen LogP contribution >= 0.6 is 11.3 Å². The fraction of sp³-hybridized carbons (Fsp3) is 0.750. The van der Waals surface area contributed by atoms with Gasteiger partial charge in [-0.25, -0.2) is 9.78 Å². The molecule has 1 aromatic rings. The number of carbonyl (C=O) groups is 1. The Morgan fingerprint density at radius 3 is 3.00 bits per heavy atom. The molecule has 0 bridgehead atoms. The third-order valence-corrected chi connectivity index (χ3v) is 5.54. The van der Waals surface area contributed by atoms with Crippen LogP contribution in [0, 0.1) is 5.41 Å². The predicted molar refractivity (Wildman–Crippen MR) is 89.2 cm³/mol. The highest BCUT2D eigenvalue weighted by Crippen LogP contribution is 2.35. The van der Waals surface area contributed by atoms with Gasteiger partial charge in [-0.3, -0.25) is 0 Å². The van der Waals surface area contributed by atoms with Crippen LogP contribution in [0.4, 0.5) is 4.79 Å². The summed E-state index contributed by atoms with van der Waals surface area (Å²) in [6.45, 7) is 5.25. The first-order valence-electron chi connectivity index (χ1n) is 8.16. The minimum Gasteiger partial charge on any atom is -0.392 e. The van der Waals surface area contributed by atoms with E-state index < -0.39 is 0 Å². The third-order valence-electron chi connectivity index (χ3n) is 4.50. The van der Waals surface area contributed by atoms with Crippen LogP contribution in [0.5, 0.6) is 0 Å². The Morgan fingerprint density at radius 1 is 1.50 bits per heavy atom. The van der Waals surface area contributed by atoms with Crippen molar-refractivity contribution in [2.75, 3.05) is 13.1 Å². The van der Waals surface area contributed by atoms with Gasteiger partial charge in [0.25, 0.3) is 0 Å². The Kier molecular flexibility index (Phi) is 6.20. The number of hydrogen-bond acceptors (Lipinski definition) is 4. The summed E-state index contributed by atoms with van der Waals surface area (Å²) in [5.41, 5.74) is 0.845. The van der Waals surface area contributed by atoms with E-state index in [4.69, 9.17) is 0 Å². The first-order chi connectivity index (χ1) is 10.5. The largest absolute Gasteiger partial charge is 0.392 e. The molecule has 3 N–H and O–H groups in total. The third kappa shape index (κ3) is 4.68. The second kappa shape index (κ2) is 7.92. The van der Waals surface area contributed by atoms with Crippen molar-refractivity contribution in [3.8, 4) is 0 Å². The maximum atomic E-state index is 11.9. The van der Waals surface area contributed by atoms with E-state index >= 15 is 0 Å². The van der Waals surface area contributed by atoms with Gasteiger partial charge in [-0.15, -0.1) is 11.3 Å². The number of amides is 2. The topological polar surface area (TPSA) is 74.2 Å². The highest BCUT2D eigenvalue weighted by Gasteiger charge is 2.35. The lowest BCUT2D eigenvalue weighted by atomic mass is 9.73. The van der Waals surface area contributed by atoms with Gasteiger partial charge in [0.15, 0.2) is 0 Å². The second-order valence-electron chi connectivity index (χ2n) is 6.36. The Balaban J connectivity index is 1.67. The molecule has 124 valence electrons. The maximum Gasteiger partial charge on any atom is 0.314 e. The quantitative estimate of drug-likeness (QED) is 0.752. The average Bonchev–Trinajstić information content (AvgIpc) is 2.97. The molecule has 0 spiro atoms. The zero-order chi connectivity index (χ0) is 16.0. The molecule has 0 aromatic carbocycles. The Bertz CT molecular complexity index is 491. The summed E-state index contributed by atoms with van der Waals surface area (Å²) >= 11 is 1.67. The zero-order valence-corrected chi connectivity index (χ0v) is 14.3. The van der Waals surface area contributed by atoms with Crippen LogP contribution in [-0.4, -0.2) is 35.3 Å². The summed E-state index contributed by atoms with van der Waals surface area (Å²) < 4.78 is 0. The molecule has 1 aliphatic rings. The molecule has 1 aliphatic carbocycles. The van der Waals surface area contributed by atoms with E-state index in [-0.39, 0.29) is 17.6 Å². The number of thiazole rings is 1. The number of rotatable bonds is 6. The molecule has 2 atom stereocenters. The van der Waals surface area contributed by atoms with Crippen LogP contribution < -0.4 is 10.6 Å². The number of aryl methyl sites for hydroxylation is 1. The SMILES string of the molecule is CCc1nc(CCNC(=O)NCC2(C)CCCCC2O)cs1. The van der Waals surface area contributed by atoms with Gasteiger partial charge in [-0.05, 0) is 19.3 Å². The number of carbonyl (C=O) groups excluding carboxylic acids is 1. The Labute approximate surface area is 136 Å². The minimum atomic E-state index is -0.316. The van der Waals surface area contributed by atoms with Crippen molar-refractivity contribution in [1.82, 2.24) is 15.6 Å². The molecule has 1 saturated carbocycles. The first kappa shape index (κ1) is 17.2. The molecule has 0 saturated heterocycles. The van der Waals surface area contributed by atoms with Crippen molar-refractivity contribution in [2.45, 2.75) is 58.5 Å². The fourth-order valence-electron chi connectivity index (χ4n) is 2.86. The molecule has 0 radical (unpaired) electrons. The number of aliphatic hydroxyl groups excluding tert-OH is 1. The minimum absolute atomic E-state index is 0.162. The molecule has 1 aromatic heterocycles. The zero-order valence-electron chi connectivity index (χ0n) is 13.5. The molecule has 5 nitrogen and oxygen atoms in total. The smallest absolute Gasteiger partial charge is 0.314 e. The average molecular weight is 325 g/mol. The molecule has 2 unspecified atom stereocenters. The Morgan fingerprint density at radius 2 is 2.32 bits per heavy atom. The predicted octanol–water partition coefficient (Wildman–Crippen LogP) is 2.49. The summed E-state index contributed by atoms with van der Waals surface area (Å²) in [4.78, 5) is 16.3. The summed E-state index contributed by atoms with van der Waals surface area (Å²) in [6.07, 6.45) is 5.40. The molecular weight excluding hydrogens is 298 g/mol. The fourth-order valence-corrected chi connectivity index (χ4v) is 3.64. The van der Waals surface area contributed by atoms with Crippen molar-refractivity contribution < 1.29 is 9.90 Å². The van der Waals surface area contributed by atoms with E-state index in [0.29, 0.717) is 13.1 Å². The number of aliphatic hydroxyl groups is 1. The molecule has 2 rings (SSSR count). The van der Waals surface area contributed by atoms with Gasteiger partial charge in [0.05, 0.1) is 16.8 Å². The van der Waals surface area contributed by atoms with Crippen LogP contribution in [0.15, 0.2) is 5.38 Å². The first-order valence-corrected chi connectivity index (χ1v) is 9.04. The lowest BCUT2D eigenvalue weighted by Gasteiger charge is -2.38. The number of hydrogen-bond donors (Lipinski definition) is 3. The summed E-state index contributed by atoms with van der Waals surface area (Å²) in [5, 5.41) is 19.1. The number of urea groups is 1. The highest BCUT2D eigenvalue weighted by molar-refractivity contribution is 7.09. The van der Waals surface area contributed by atoms with Gasteiger partial charge in [-0.2, -0.15) is 0 Å². The van der Waals surface area contributed by atoms with Gasteiger partial charge in [0, 0.05) is 30.3 Å². The molecule has 2 amide bonds. The van der Waals surface area contributed by atoms with Gasteiger partial charge >= 0.3 is 6.03 Å². The van der Waals surface area contributed by atoms with Gasteiger partial charge in [0.2, 0.25) is 0 Å². The van der Waals surface area contributed by atoms with Gasteiger partial charge < -0.3 is 15.7 Å². The number of nitrogens with zero attached hydrogens (tertiary/aromatic N) is 1. The molecular formula is C16H27N3O2S. The second-order valence-corrected chi connectivity index (χ2v) is 7.30. The highest BCUT2D eigenvalue weighted by atomic mass is 32.1. The van der Waals surface area contributed by atoms with E-state index in [1.165, 1.54) is 0 Å².